The van der Waals surface area contributed by atoms with Crippen molar-refractivity contribution in [2.75, 3.05) is 30.3 Å². The summed E-state index contributed by atoms with van der Waals surface area (Å²) in [6, 6.07) is 4.62. The predicted octanol–water partition coefficient (Wildman–Crippen LogP) is 3.24. The van der Waals surface area contributed by atoms with Crippen molar-refractivity contribution in [3.8, 4) is 5.69 Å². The Kier molecular flexibility index (Phi) is 6.52. The lowest BCUT2D eigenvalue weighted by Gasteiger charge is -2.41. The van der Waals surface area contributed by atoms with Gasteiger partial charge in [-0.15, -0.1) is 0 Å². The summed E-state index contributed by atoms with van der Waals surface area (Å²) in [5, 5.41) is 3.12. The summed E-state index contributed by atoms with van der Waals surface area (Å²) in [5.41, 5.74) is 4.95. The van der Waals surface area contributed by atoms with Gasteiger partial charge in [0.2, 0.25) is 0 Å². The first-order valence-electron chi connectivity index (χ1n) is 10.9. The minimum Gasteiger partial charge on any atom is -0.461 e. The van der Waals surface area contributed by atoms with Crippen LogP contribution >= 0.6 is 0 Å². The molecule has 1 fully saturated rings. The molecule has 10 heteroatoms. The van der Waals surface area contributed by atoms with E-state index in [-0.39, 0.29) is 46.2 Å². The number of pyridine rings is 1. The molecule has 3 N–H and O–H groups in total. The van der Waals surface area contributed by atoms with Crippen molar-refractivity contribution >= 4 is 28.2 Å². The molecule has 0 unspecified atom stereocenters. The van der Waals surface area contributed by atoms with Gasteiger partial charge in [0.25, 0.3) is 0 Å². The fourth-order valence-electron chi connectivity index (χ4n) is 4.10. The molecule has 0 amide bonds. The first-order chi connectivity index (χ1) is 16.2. The van der Waals surface area contributed by atoms with Crippen molar-refractivity contribution in [3.05, 3.63) is 63.7 Å². The van der Waals surface area contributed by atoms with Crippen molar-refractivity contribution in [1.82, 2.24) is 9.88 Å². The number of hydrogen-bond acceptors (Lipinski definition) is 6. The van der Waals surface area contributed by atoms with Crippen molar-refractivity contribution < 1.29 is 22.7 Å². The van der Waals surface area contributed by atoms with Crippen molar-refractivity contribution in [1.29, 1.82) is 0 Å². The van der Waals surface area contributed by atoms with Gasteiger partial charge in [0.05, 0.1) is 22.3 Å². The highest BCUT2D eigenvalue weighted by Crippen LogP contribution is 2.34. The van der Waals surface area contributed by atoms with E-state index in [2.05, 4.69) is 5.32 Å². The molecule has 1 aliphatic rings. The Balaban J connectivity index is 1.87. The first kappa shape index (κ1) is 23.6. The molecule has 0 atom stereocenters. The van der Waals surface area contributed by atoms with Gasteiger partial charge in [0, 0.05) is 43.9 Å². The van der Waals surface area contributed by atoms with Gasteiger partial charge >= 0.3 is 5.97 Å². The SMILES string of the molecule is CCCNC1CN(c2c(F)cc3c(=O)ccn(-c4cc(N)c(F)cc4COC(C)=O)c3c2F)C1. The van der Waals surface area contributed by atoms with Crippen LogP contribution in [-0.4, -0.2) is 36.2 Å². The number of halogens is 3. The molecular formula is C24H25F3N4O3. The van der Waals surface area contributed by atoms with Crippen molar-refractivity contribution in [3.63, 3.8) is 0 Å². The number of nitrogens with zero attached hydrogens (tertiary/aromatic N) is 2. The van der Waals surface area contributed by atoms with Crippen LogP contribution in [0.1, 0.15) is 25.8 Å². The number of nitrogens with one attached hydrogen (secondary N) is 1. The molecule has 2 heterocycles. The predicted molar refractivity (Wildman–Crippen MR) is 124 cm³/mol. The lowest BCUT2D eigenvalue weighted by atomic mass is 10.0. The molecule has 4 rings (SSSR count). The van der Waals surface area contributed by atoms with Crippen molar-refractivity contribution in [2.45, 2.75) is 32.9 Å². The summed E-state index contributed by atoms with van der Waals surface area (Å²) in [4.78, 5) is 25.4. The van der Waals surface area contributed by atoms with E-state index in [0.29, 0.717) is 13.1 Å². The van der Waals surface area contributed by atoms with Crippen LogP contribution in [0.15, 0.2) is 35.3 Å². The largest absolute Gasteiger partial charge is 0.461 e. The van der Waals surface area contributed by atoms with Gasteiger partial charge in [0.1, 0.15) is 23.9 Å². The average Bonchev–Trinajstić information content (AvgIpc) is 2.76. The van der Waals surface area contributed by atoms with Gasteiger partial charge in [-0.05, 0) is 31.2 Å². The average molecular weight is 474 g/mol. The molecule has 7 nitrogen and oxygen atoms in total. The topological polar surface area (TPSA) is 89.6 Å². The highest BCUT2D eigenvalue weighted by atomic mass is 19.1. The highest BCUT2D eigenvalue weighted by Gasteiger charge is 2.32. The number of aromatic nitrogens is 1. The Morgan fingerprint density at radius 3 is 2.62 bits per heavy atom. The number of carbonyl (C=O) groups is 1. The van der Waals surface area contributed by atoms with Crippen LogP contribution in [-0.2, 0) is 16.1 Å². The van der Waals surface area contributed by atoms with E-state index < -0.39 is 28.8 Å². The molecule has 1 aromatic heterocycles. The van der Waals surface area contributed by atoms with Gasteiger partial charge in [-0.2, -0.15) is 0 Å². The van der Waals surface area contributed by atoms with E-state index in [1.54, 1.807) is 4.90 Å². The maximum atomic E-state index is 15.9. The molecule has 0 saturated carbocycles. The number of nitrogen functional groups attached to an aromatic ring is 1. The zero-order valence-electron chi connectivity index (χ0n) is 18.8. The minimum atomic E-state index is -0.914. The van der Waals surface area contributed by atoms with Gasteiger partial charge in [-0.1, -0.05) is 6.92 Å². The van der Waals surface area contributed by atoms with Crippen LogP contribution in [0.2, 0.25) is 0 Å². The molecule has 0 spiro atoms. The molecule has 2 aromatic carbocycles. The van der Waals surface area contributed by atoms with Crippen LogP contribution in [0, 0.1) is 17.5 Å². The molecule has 0 bridgehead atoms. The quantitative estimate of drug-likeness (QED) is 0.404. The first-order valence-corrected chi connectivity index (χ1v) is 10.9. The van der Waals surface area contributed by atoms with Crippen LogP contribution in [0.4, 0.5) is 24.5 Å². The fourth-order valence-corrected chi connectivity index (χ4v) is 4.10. The van der Waals surface area contributed by atoms with Gasteiger partial charge < -0.3 is 25.3 Å². The third-order valence-corrected chi connectivity index (χ3v) is 5.82. The highest BCUT2D eigenvalue weighted by molar-refractivity contribution is 5.86. The summed E-state index contributed by atoms with van der Waals surface area (Å²) >= 11 is 0. The Labute approximate surface area is 193 Å². The van der Waals surface area contributed by atoms with E-state index in [9.17, 15) is 18.4 Å². The summed E-state index contributed by atoms with van der Waals surface area (Å²) in [6.07, 6.45) is 2.25. The summed E-state index contributed by atoms with van der Waals surface area (Å²) in [6.45, 7) is 4.56. The second kappa shape index (κ2) is 9.38. The maximum Gasteiger partial charge on any atom is 0.302 e. The smallest absolute Gasteiger partial charge is 0.302 e. The Bertz CT molecular complexity index is 1320. The standard InChI is InChI=1S/C24H25F3N4O3/c1-3-5-29-15-10-30(11-15)24-18(26)8-16-21(33)4-6-31(23(16)22(24)27)20-9-19(28)17(25)7-14(20)12-34-13(2)32/h4,6-9,15,29H,3,5,10-12,28H2,1-2H3. The Morgan fingerprint density at radius 2 is 1.94 bits per heavy atom. The number of nitrogens with two attached hydrogens (primary N) is 1. The van der Waals surface area contributed by atoms with Gasteiger partial charge in [-0.3, -0.25) is 9.59 Å². The molecule has 1 aliphatic heterocycles. The van der Waals surface area contributed by atoms with E-state index in [0.717, 1.165) is 31.2 Å². The Hall–Kier alpha value is -3.53. The fraction of sp³-hybridized carbons (Fsp3) is 0.333. The normalized spacial score (nSPS) is 13.9. The number of benzene rings is 2. The van der Waals surface area contributed by atoms with Gasteiger partial charge in [-0.25, -0.2) is 13.2 Å². The molecule has 0 radical (unpaired) electrons. The zero-order chi connectivity index (χ0) is 24.6. The zero-order valence-corrected chi connectivity index (χ0v) is 18.8. The lowest BCUT2D eigenvalue weighted by molar-refractivity contribution is -0.142. The number of anilines is 2. The van der Waals surface area contributed by atoms with Crippen LogP contribution < -0.4 is 21.4 Å². The number of rotatable bonds is 7. The molecule has 0 aliphatic carbocycles. The third-order valence-electron chi connectivity index (χ3n) is 5.82. The monoisotopic (exact) mass is 474 g/mol. The van der Waals surface area contributed by atoms with E-state index in [4.69, 9.17) is 10.5 Å². The maximum absolute atomic E-state index is 15.9. The number of carbonyl (C=O) groups excluding carboxylic acids is 1. The number of hydrogen-bond donors (Lipinski definition) is 2. The number of ether oxygens (including phenoxy) is 1. The Morgan fingerprint density at radius 1 is 1.21 bits per heavy atom. The number of esters is 1. The number of fused-ring (bicyclic) bond motifs is 1. The molecule has 180 valence electrons. The van der Waals surface area contributed by atoms with Crippen LogP contribution in [0.3, 0.4) is 0 Å². The van der Waals surface area contributed by atoms with Crippen LogP contribution in [0.5, 0.6) is 0 Å². The van der Waals surface area contributed by atoms with E-state index in [1.165, 1.54) is 23.8 Å². The van der Waals surface area contributed by atoms with E-state index >= 15 is 4.39 Å². The van der Waals surface area contributed by atoms with E-state index in [1.807, 2.05) is 6.92 Å². The summed E-state index contributed by atoms with van der Waals surface area (Å²) < 4.78 is 51.4. The minimum absolute atomic E-state index is 0.111. The molecule has 34 heavy (non-hydrogen) atoms. The second-order valence-corrected chi connectivity index (χ2v) is 8.31. The van der Waals surface area contributed by atoms with Gasteiger partial charge in [0.15, 0.2) is 11.2 Å². The molecule has 3 aromatic rings. The lowest BCUT2D eigenvalue weighted by Crippen LogP contribution is -2.58. The molecular weight excluding hydrogens is 449 g/mol. The summed E-state index contributed by atoms with van der Waals surface area (Å²) in [5.74, 6) is -3.09. The summed E-state index contributed by atoms with van der Waals surface area (Å²) in [7, 11) is 0. The molecule has 1 saturated heterocycles. The second-order valence-electron chi connectivity index (χ2n) is 8.31. The van der Waals surface area contributed by atoms with Crippen molar-refractivity contribution in [2.24, 2.45) is 0 Å². The third kappa shape index (κ3) is 4.33. The van der Waals surface area contributed by atoms with Crippen LogP contribution in [0.25, 0.3) is 16.6 Å².